The summed E-state index contributed by atoms with van der Waals surface area (Å²) < 4.78 is 26.5. The van der Waals surface area contributed by atoms with Gasteiger partial charge in [0.25, 0.3) is 10.0 Å². The van der Waals surface area contributed by atoms with Crippen LogP contribution in [0.4, 0.5) is 0 Å². The van der Waals surface area contributed by atoms with Crippen molar-refractivity contribution in [1.29, 1.82) is 0 Å². The maximum absolute atomic E-state index is 12.5. The standard InChI is InChI=1S/C11H20N4O2S/c1-3-15(7-9-4-5-9)18(16,17)11-10(6-12)8(2)13-14-11/h9H,3-7,12H2,1-2H3,(H,13,14). The van der Waals surface area contributed by atoms with E-state index in [-0.39, 0.29) is 11.6 Å². The summed E-state index contributed by atoms with van der Waals surface area (Å²) in [4.78, 5) is 0. The van der Waals surface area contributed by atoms with Crippen LogP contribution in [0.2, 0.25) is 0 Å². The first-order chi connectivity index (χ1) is 8.50. The van der Waals surface area contributed by atoms with E-state index in [0.29, 0.717) is 24.6 Å². The Morgan fingerprint density at radius 1 is 1.50 bits per heavy atom. The summed E-state index contributed by atoms with van der Waals surface area (Å²) in [5.41, 5.74) is 6.91. The van der Waals surface area contributed by atoms with E-state index >= 15 is 0 Å². The molecule has 3 N–H and O–H groups in total. The maximum atomic E-state index is 12.5. The lowest BCUT2D eigenvalue weighted by molar-refractivity contribution is 0.409. The zero-order chi connectivity index (χ0) is 13.3. The number of nitrogens with one attached hydrogen (secondary N) is 1. The summed E-state index contributed by atoms with van der Waals surface area (Å²) >= 11 is 0. The number of rotatable bonds is 6. The van der Waals surface area contributed by atoms with E-state index in [4.69, 9.17) is 5.73 Å². The molecule has 1 aromatic rings. The lowest BCUT2D eigenvalue weighted by Gasteiger charge is -2.19. The van der Waals surface area contributed by atoms with E-state index < -0.39 is 10.0 Å². The monoisotopic (exact) mass is 272 g/mol. The predicted molar refractivity (Wildman–Crippen MR) is 68.4 cm³/mol. The molecule has 7 heteroatoms. The number of nitrogens with two attached hydrogens (primary N) is 1. The van der Waals surface area contributed by atoms with Crippen molar-refractivity contribution in [1.82, 2.24) is 14.5 Å². The number of nitrogens with zero attached hydrogens (tertiary/aromatic N) is 2. The lowest BCUT2D eigenvalue weighted by atomic mass is 10.3. The molecule has 0 radical (unpaired) electrons. The zero-order valence-electron chi connectivity index (χ0n) is 10.8. The van der Waals surface area contributed by atoms with Crippen molar-refractivity contribution in [2.45, 2.75) is 38.3 Å². The number of H-pyrrole nitrogens is 1. The van der Waals surface area contributed by atoms with Gasteiger partial charge in [-0.3, -0.25) is 5.10 Å². The summed E-state index contributed by atoms with van der Waals surface area (Å²) in [6, 6.07) is 0. The molecule has 0 amide bonds. The Morgan fingerprint density at radius 2 is 2.17 bits per heavy atom. The highest BCUT2D eigenvalue weighted by atomic mass is 32.2. The van der Waals surface area contributed by atoms with Gasteiger partial charge in [0.1, 0.15) is 0 Å². The van der Waals surface area contributed by atoms with Crippen LogP contribution in [0.25, 0.3) is 0 Å². The fourth-order valence-corrected chi connectivity index (χ4v) is 3.69. The predicted octanol–water partition coefficient (Wildman–Crippen LogP) is 0.597. The van der Waals surface area contributed by atoms with Crippen molar-refractivity contribution in [2.24, 2.45) is 11.7 Å². The summed E-state index contributed by atoms with van der Waals surface area (Å²) in [6.07, 6.45) is 2.24. The molecule has 2 rings (SSSR count). The quantitative estimate of drug-likeness (QED) is 0.793. The molecule has 0 aromatic carbocycles. The van der Waals surface area contributed by atoms with Crippen molar-refractivity contribution < 1.29 is 8.42 Å². The molecule has 1 fully saturated rings. The molecule has 0 unspecified atom stereocenters. The second-order valence-corrected chi connectivity index (χ2v) is 6.59. The SMILES string of the molecule is CCN(CC1CC1)S(=O)(=O)c1n[nH]c(C)c1CN. The molecule has 0 aliphatic heterocycles. The van der Waals surface area contributed by atoms with Crippen molar-refractivity contribution >= 4 is 10.0 Å². The van der Waals surface area contributed by atoms with Crippen LogP contribution in [-0.4, -0.2) is 36.0 Å². The molecule has 0 atom stereocenters. The molecular weight excluding hydrogens is 252 g/mol. The second kappa shape index (κ2) is 4.99. The Hall–Kier alpha value is -0.920. The van der Waals surface area contributed by atoms with Gasteiger partial charge < -0.3 is 5.73 Å². The van der Waals surface area contributed by atoms with E-state index in [1.165, 1.54) is 4.31 Å². The third kappa shape index (κ3) is 2.43. The smallest absolute Gasteiger partial charge is 0.262 e. The minimum atomic E-state index is -3.52. The Balaban J connectivity index is 2.32. The van der Waals surface area contributed by atoms with Crippen LogP contribution in [0.3, 0.4) is 0 Å². The Labute approximate surface area is 108 Å². The van der Waals surface area contributed by atoms with Crippen LogP contribution in [0, 0.1) is 12.8 Å². The third-order valence-corrected chi connectivity index (χ3v) is 5.25. The van der Waals surface area contributed by atoms with Gasteiger partial charge in [0.15, 0.2) is 5.03 Å². The van der Waals surface area contributed by atoms with E-state index in [9.17, 15) is 8.42 Å². The van der Waals surface area contributed by atoms with Crippen LogP contribution in [0.5, 0.6) is 0 Å². The Morgan fingerprint density at radius 3 is 2.67 bits per heavy atom. The number of aromatic nitrogens is 2. The average Bonchev–Trinajstić information content (AvgIpc) is 3.07. The van der Waals surface area contributed by atoms with Gasteiger partial charge in [-0.15, -0.1) is 0 Å². The van der Waals surface area contributed by atoms with E-state index in [0.717, 1.165) is 18.5 Å². The van der Waals surface area contributed by atoms with Gasteiger partial charge >= 0.3 is 0 Å². The van der Waals surface area contributed by atoms with Crippen molar-refractivity contribution in [3.63, 3.8) is 0 Å². The fourth-order valence-electron chi connectivity index (χ4n) is 1.99. The van der Waals surface area contributed by atoms with Gasteiger partial charge in [0.2, 0.25) is 0 Å². The zero-order valence-corrected chi connectivity index (χ0v) is 11.6. The molecule has 1 saturated carbocycles. The highest BCUT2D eigenvalue weighted by molar-refractivity contribution is 7.89. The van der Waals surface area contributed by atoms with Gasteiger partial charge in [-0.2, -0.15) is 9.40 Å². The first-order valence-electron chi connectivity index (χ1n) is 6.24. The van der Waals surface area contributed by atoms with Gasteiger partial charge in [0.05, 0.1) is 0 Å². The van der Waals surface area contributed by atoms with Crippen LogP contribution < -0.4 is 5.73 Å². The van der Waals surface area contributed by atoms with Crippen LogP contribution >= 0.6 is 0 Å². The Bertz CT molecular complexity index is 519. The number of hydrogen-bond donors (Lipinski definition) is 2. The maximum Gasteiger partial charge on any atom is 0.262 e. The fraction of sp³-hybridized carbons (Fsp3) is 0.727. The normalized spacial score (nSPS) is 16.4. The van der Waals surface area contributed by atoms with Crippen molar-refractivity contribution in [2.75, 3.05) is 13.1 Å². The molecule has 1 aliphatic rings. The average molecular weight is 272 g/mol. The van der Waals surface area contributed by atoms with E-state index in [1.807, 2.05) is 6.92 Å². The molecule has 0 spiro atoms. The van der Waals surface area contributed by atoms with Crippen molar-refractivity contribution in [3.8, 4) is 0 Å². The molecular formula is C11H20N4O2S. The number of hydrogen-bond acceptors (Lipinski definition) is 4. The number of sulfonamides is 1. The Kier molecular flexibility index (Phi) is 3.74. The molecule has 102 valence electrons. The second-order valence-electron chi connectivity index (χ2n) is 4.74. The van der Waals surface area contributed by atoms with Gasteiger partial charge in [0, 0.05) is 30.9 Å². The van der Waals surface area contributed by atoms with E-state index in [1.54, 1.807) is 6.92 Å². The topological polar surface area (TPSA) is 92.1 Å². The summed E-state index contributed by atoms with van der Waals surface area (Å²) in [5.74, 6) is 0.515. The molecule has 18 heavy (non-hydrogen) atoms. The summed E-state index contributed by atoms with van der Waals surface area (Å²) in [5, 5.41) is 6.71. The first kappa shape index (κ1) is 13.5. The summed E-state index contributed by atoms with van der Waals surface area (Å²) in [7, 11) is -3.52. The molecule has 1 heterocycles. The molecule has 1 aliphatic carbocycles. The van der Waals surface area contributed by atoms with Crippen LogP contribution in [0.15, 0.2) is 5.03 Å². The third-order valence-electron chi connectivity index (χ3n) is 3.34. The minimum absolute atomic E-state index is 0.0880. The van der Waals surface area contributed by atoms with Crippen LogP contribution in [0.1, 0.15) is 31.0 Å². The number of aryl methyl sites for hydroxylation is 1. The minimum Gasteiger partial charge on any atom is -0.326 e. The lowest BCUT2D eigenvalue weighted by Crippen LogP contribution is -2.33. The number of aromatic amines is 1. The van der Waals surface area contributed by atoms with E-state index in [2.05, 4.69) is 10.2 Å². The molecule has 6 nitrogen and oxygen atoms in total. The molecule has 1 aromatic heterocycles. The van der Waals surface area contributed by atoms with Crippen molar-refractivity contribution in [3.05, 3.63) is 11.3 Å². The first-order valence-corrected chi connectivity index (χ1v) is 7.68. The molecule has 0 bridgehead atoms. The van der Waals surface area contributed by atoms with Gasteiger partial charge in [-0.05, 0) is 25.7 Å². The van der Waals surface area contributed by atoms with Gasteiger partial charge in [-0.25, -0.2) is 8.42 Å². The highest BCUT2D eigenvalue weighted by Gasteiger charge is 2.33. The highest BCUT2D eigenvalue weighted by Crippen LogP contribution is 2.31. The van der Waals surface area contributed by atoms with Crippen LogP contribution in [-0.2, 0) is 16.6 Å². The van der Waals surface area contributed by atoms with Gasteiger partial charge in [-0.1, -0.05) is 6.92 Å². The largest absolute Gasteiger partial charge is 0.326 e. The molecule has 0 saturated heterocycles. The summed E-state index contributed by atoms with van der Waals surface area (Å²) in [6.45, 7) is 4.87.